The van der Waals surface area contributed by atoms with Crippen molar-refractivity contribution in [1.82, 2.24) is 4.31 Å². The molecule has 7 heteroatoms. The zero-order valence-corrected chi connectivity index (χ0v) is 18.6. The summed E-state index contributed by atoms with van der Waals surface area (Å²) in [4.78, 5) is 12.6. The number of aliphatic hydroxyl groups excluding tert-OH is 1. The van der Waals surface area contributed by atoms with Crippen LogP contribution in [0.2, 0.25) is 0 Å². The van der Waals surface area contributed by atoms with E-state index in [1.54, 1.807) is 30.3 Å². The maximum absolute atomic E-state index is 13.1. The molecule has 6 nitrogen and oxygen atoms in total. The molecule has 31 heavy (non-hydrogen) atoms. The molecule has 166 valence electrons. The monoisotopic (exact) mass is 443 g/mol. The van der Waals surface area contributed by atoms with Crippen molar-refractivity contribution in [2.24, 2.45) is 17.3 Å². The van der Waals surface area contributed by atoms with Crippen LogP contribution in [0.5, 0.6) is 0 Å². The molecule has 1 saturated carbocycles. The number of allylic oxidation sites excluding steroid dienone is 1. The number of benzene rings is 1. The van der Waals surface area contributed by atoms with E-state index in [0.29, 0.717) is 19.4 Å². The van der Waals surface area contributed by atoms with E-state index in [9.17, 15) is 23.4 Å². The standard InChI is InChI=1S/C24H29NO5S/c1-24-11-9-18-17-10-12-25(31(29,30)16-5-3-2-4-6-16)14-15(17)13-19(23(27)28)22(18)20(24)7-8-21(24)26/h2-6,19-21,26H,7-14H2,1H3,(H,27,28)/t19-,20+,21-,24-/m0/s1. The first-order chi connectivity index (χ1) is 14.7. The predicted octanol–water partition coefficient (Wildman–Crippen LogP) is 3.35. The van der Waals surface area contributed by atoms with Crippen molar-refractivity contribution in [2.45, 2.75) is 56.4 Å². The number of nitrogens with zero attached hydrogens (tertiary/aromatic N) is 1. The van der Waals surface area contributed by atoms with Gasteiger partial charge in [-0.2, -0.15) is 4.31 Å². The summed E-state index contributed by atoms with van der Waals surface area (Å²) in [5.41, 5.74) is 4.08. The van der Waals surface area contributed by atoms with Gasteiger partial charge in [0.15, 0.2) is 0 Å². The second kappa shape index (κ2) is 7.29. The van der Waals surface area contributed by atoms with E-state index in [1.165, 1.54) is 9.88 Å². The Morgan fingerprint density at radius 1 is 1.13 bits per heavy atom. The molecule has 5 rings (SSSR count). The van der Waals surface area contributed by atoms with E-state index in [0.717, 1.165) is 42.4 Å². The topological polar surface area (TPSA) is 94.9 Å². The predicted molar refractivity (Wildman–Crippen MR) is 116 cm³/mol. The van der Waals surface area contributed by atoms with Crippen LogP contribution in [-0.2, 0) is 14.8 Å². The molecule has 0 spiro atoms. The van der Waals surface area contributed by atoms with Crippen molar-refractivity contribution in [2.75, 3.05) is 13.1 Å². The number of aliphatic hydroxyl groups is 1. The summed E-state index contributed by atoms with van der Waals surface area (Å²) < 4.78 is 27.8. The van der Waals surface area contributed by atoms with Gasteiger partial charge in [0, 0.05) is 18.5 Å². The Morgan fingerprint density at radius 3 is 2.58 bits per heavy atom. The summed E-state index contributed by atoms with van der Waals surface area (Å²) in [5.74, 6) is -1.36. The normalized spacial score (nSPS) is 33.7. The number of rotatable bonds is 3. The summed E-state index contributed by atoms with van der Waals surface area (Å²) in [6.45, 7) is 2.78. The zero-order valence-electron chi connectivity index (χ0n) is 17.8. The highest BCUT2D eigenvalue weighted by Gasteiger charge is 2.53. The molecule has 1 heterocycles. The molecule has 1 fully saturated rings. The van der Waals surface area contributed by atoms with Gasteiger partial charge in [0.05, 0.1) is 16.9 Å². The lowest BCUT2D eigenvalue weighted by Crippen LogP contribution is -2.44. The van der Waals surface area contributed by atoms with E-state index >= 15 is 0 Å². The van der Waals surface area contributed by atoms with Crippen LogP contribution in [0.25, 0.3) is 0 Å². The fraction of sp³-hybridized carbons (Fsp3) is 0.542. The Bertz CT molecular complexity index is 1090. The summed E-state index contributed by atoms with van der Waals surface area (Å²) in [5, 5.41) is 20.7. The van der Waals surface area contributed by atoms with E-state index in [4.69, 9.17) is 0 Å². The molecule has 1 aromatic carbocycles. The Labute approximate surface area is 183 Å². The molecule has 3 aliphatic carbocycles. The second-order valence-electron chi connectivity index (χ2n) is 9.66. The third kappa shape index (κ3) is 3.12. The van der Waals surface area contributed by atoms with Crippen LogP contribution >= 0.6 is 0 Å². The number of sulfonamides is 1. The molecular formula is C24H29NO5S. The first-order valence-electron chi connectivity index (χ1n) is 11.1. The lowest BCUT2D eigenvalue weighted by atomic mass is 9.59. The molecule has 0 saturated heterocycles. The minimum Gasteiger partial charge on any atom is -0.481 e. The van der Waals surface area contributed by atoms with Crippen LogP contribution < -0.4 is 0 Å². The Kier molecular flexibility index (Phi) is 4.92. The van der Waals surface area contributed by atoms with Gasteiger partial charge in [-0.25, -0.2) is 8.42 Å². The fourth-order valence-electron chi connectivity index (χ4n) is 6.47. The van der Waals surface area contributed by atoms with Crippen molar-refractivity contribution in [3.05, 3.63) is 52.6 Å². The summed E-state index contributed by atoms with van der Waals surface area (Å²) in [7, 11) is -3.61. The summed E-state index contributed by atoms with van der Waals surface area (Å²) in [6, 6.07) is 8.44. The van der Waals surface area contributed by atoms with Crippen LogP contribution in [0.4, 0.5) is 0 Å². The lowest BCUT2D eigenvalue weighted by molar-refractivity contribution is -0.141. The first-order valence-corrected chi connectivity index (χ1v) is 12.6. The average Bonchev–Trinajstić information content (AvgIpc) is 3.07. The van der Waals surface area contributed by atoms with Gasteiger partial charge in [-0.3, -0.25) is 4.79 Å². The highest BCUT2D eigenvalue weighted by atomic mass is 32.2. The van der Waals surface area contributed by atoms with Crippen molar-refractivity contribution in [3.63, 3.8) is 0 Å². The van der Waals surface area contributed by atoms with E-state index in [2.05, 4.69) is 6.92 Å². The molecule has 0 aromatic heterocycles. The van der Waals surface area contributed by atoms with Gasteiger partial charge < -0.3 is 10.2 Å². The van der Waals surface area contributed by atoms with Gasteiger partial charge in [-0.15, -0.1) is 0 Å². The lowest BCUT2D eigenvalue weighted by Gasteiger charge is -2.47. The highest BCUT2D eigenvalue weighted by molar-refractivity contribution is 7.89. The van der Waals surface area contributed by atoms with Gasteiger partial charge in [0.1, 0.15) is 0 Å². The summed E-state index contributed by atoms with van der Waals surface area (Å²) >= 11 is 0. The first kappa shape index (κ1) is 20.9. The smallest absolute Gasteiger partial charge is 0.310 e. The fourth-order valence-corrected chi connectivity index (χ4v) is 7.93. The second-order valence-corrected chi connectivity index (χ2v) is 11.6. The van der Waals surface area contributed by atoms with Crippen molar-refractivity contribution in [3.8, 4) is 0 Å². The summed E-state index contributed by atoms with van der Waals surface area (Å²) in [6.07, 6.45) is 3.79. The van der Waals surface area contributed by atoms with E-state index in [-0.39, 0.29) is 28.9 Å². The number of carboxylic acids is 1. The van der Waals surface area contributed by atoms with Crippen LogP contribution in [0.3, 0.4) is 0 Å². The van der Waals surface area contributed by atoms with Gasteiger partial charge in [0.25, 0.3) is 0 Å². The maximum Gasteiger partial charge on any atom is 0.310 e. The van der Waals surface area contributed by atoms with E-state index in [1.807, 2.05) is 0 Å². The molecule has 1 aliphatic heterocycles. The zero-order chi connectivity index (χ0) is 22.0. The quantitative estimate of drug-likeness (QED) is 0.747. The number of hydrogen-bond donors (Lipinski definition) is 2. The minimum atomic E-state index is -3.61. The van der Waals surface area contributed by atoms with Crippen LogP contribution in [0.1, 0.15) is 45.4 Å². The molecule has 0 radical (unpaired) electrons. The van der Waals surface area contributed by atoms with Gasteiger partial charge >= 0.3 is 5.97 Å². The molecule has 4 aliphatic rings. The third-order valence-corrected chi connectivity index (χ3v) is 10.1. The Balaban J connectivity index is 1.53. The Morgan fingerprint density at radius 2 is 1.87 bits per heavy atom. The number of fused-ring (bicyclic) bond motifs is 3. The highest BCUT2D eigenvalue weighted by Crippen LogP contribution is 2.59. The van der Waals surface area contributed by atoms with Gasteiger partial charge in [-0.1, -0.05) is 30.7 Å². The Hall–Kier alpha value is -1.96. The van der Waals surface area contributed by atoms with Crippen LogP contribution in [0.15, 0.2) is 57.5 Å². The van der Waals surface area contributed by atoms with Crippen LogP contribution in [-0.4, -0.2) is 48.1 Å². The minimum absolute atomic E-state index is 0.104. The van der Waals surface area contributed by atoms with Gasteiger partial charge in [0.2, 0.25) is 10.0 Å². The van der Waals surface area contributed by atoms with Crippen molar-refractivity contribution >= 4 is 16.0 Å². The van der Waals surface area contributed by atoms with Gasteiger partial charge in [-0.05, 0) is 73.3 Å². The number of hydrogen-bond acceptors (Lipinski definition) is 4. The molecule has 2 N–H and O–H groups in total. The molecule has 1 aromatic rings. The number of aliphatic carboxylic acids is 1. The average molecular weight is 444 g/mol. The molecule has 0 amide bonds. The molecule has 0 bridgehead atoms. The van der Waals surface area contributed by atoms with E-state index < -0.39 is 21.9 Å². The third-order valence-electron chi connectivity index (χ3n) is 8.20. The van der Waals surface area contributed by atoms with Crippen LogP contribution in [0, 0.1) is 17.3 Å². The number of carboxylic acid groups (broad SMARTS) is 1. The largest absolute Gasteiger partial charge is 0.481 e. The number of carbonyl (C=O) groups is 1. The molecule has 0 unspecified atom stereocenters. The van der Waals surface area contributed by atoms with Crippen molar-refractivity contribution < 1.29 is 23.4 Å². The van der Waals surface area contributed by atoms with Crippen molar-refractivity contribution in [1.29, 1.82) is 0 Å². The SMILES string of the molecule is C[C@]12CCC3=C([C@@H](C(=O)O)CC4=C3CCN(S(=O)(=O)c3ccccc3)C4)[C@H]1CC[C@@H]2O. The molecule has 4 atom stereocenters. The maximum atomic E-state index is 13.1. The molecular weight excluding hydrogens is 414 g/mol.